The molecule has 39 heavy (non-hydrogen) atoms. The molecular formula is C32H33ClNO3PS. The zero-order valence-electron chi connectivity index (χ0n) is 22.9. The summed E-state index contributed by atoms with van der Waals surface area (Å²) in [7, 11) is -1.19. The third-order valence-electron chi connectivity index (χ3n) is 6.19. The van der Waals surface area contributed by atoms with E-state index < -0.39 is 8.30 Å². The number of aldehydes is 1. The Morgan fingerprint density at radius 1 is 1.08 bits per heavy atom. The van der Waals surface area contributed by atoms with Crippen LogP contribution >= 0.6 is 31.2 Å². The summed E-state index contributed by atoms with van der Waals surface area (Å²) < 4.78 is 14.7. The Morgan fingerprint density at radius 3 is 2.41 bits per heavy atom. The quantitative estimate of drug-likeness (QED) is 0.101. The lowest BCUT2D eigenvalue weighted by Crippen LogP contribution is -2.31. The topological polar surface area (TPSA) is 42.7 Å². The minimum atomic E-state index is -1.19. The molecule has 1 atom stereocenters. The van der Waals surface area contributed by atoms with Gasteiger partial charge in [0.15, 0.2) is 14.6 Å². The first kappa shape index (κ1) is 29.0. The molecule has 2 aromatic heterocycles. The number of aryl methyl sites for hydroxylation is 2. The van der Waals surface area contributed by atoms with Crippen LogP contribution in [0, 0.1) is 13.8 Å². The normalized spacial score (nSPS) is 12.3. The molecule has 0 saturated heterocycles. The van der Waals surface area contributed by atoms with Gasteiger partial charge in [-0.3, -0.25) is 4.79 Å². The van der Waals surface area contributed by atoms with Crippen molar-refractivity contribution in [3.05, 3.63) is 100 Å². The van der Waals surface area contributed by atoms with E-state index in [0.717, 1.165) is 55.9 Å². The highest BCUT2D eigenvalue weighted by Gasteiger charge is 2.29. The highest BCUT2D eigenvalue weighted by atomic mass is 35.5. The largest absolute Gasteiger partial charge is 0.456 e. The monoisotopic (exact) mass is 577 g/mol. The Kier molecular flexibility index (Phi) is 9.63. The number of anilines is 1. The number of rotatable bonds is 11. The second-order valence-electron chi connectivity index (χ2n) is 9.37. The van der Waals surface area contributed by atoms with Crippen LogP contribution in [0.5, 0.6) is 0 Å². The van der Waals surface area contributed by atoms with Gasteiger partial charge < -0.3 is 13.6 Å². The molecule has 1 unspecified atom stereocenters. The maximum atomic E-state index is 12.3. The summed E-state index contributed by atoms with van der Waals surface area (Å²) in [6.07, 6.45) is 6.46. The molecule has 202 valence electrons. The lowest BCUT2D eigenvalue weighted by Gasteiger charge is -2.36. The number of halogens is 1. The Bertz CT molecular complexity index is 1490. The van der Waals surface area contributed by atoms with Gasteiger partial charge in [0.1, 0.15) is 11.5 Å². The summed E-state index contributed by atoms with van der Waals surface area (Å²) in [5.74, 6) is 1.64. The van der Waals surface area contributed by atoms with Crippen molar-refractivity contribution in [1.82, 2.24) is 0 Å². The first-order chi connectivity index (χ1) is 18.8. The van der Waals surface area contributed by atoms with E-state index >= 15 is 0 Å². The van der Waals surface area contributed by atoms with E-state index in [9.17, 15) is 4.79 Å². The molecular weight excluding hydrogens is 545 g/mol. The predicted molar refractivity (Wildman–Crippen MR) is 169 cm³/mol. The molecule has 4 rings (SSSR count). The average Bonchev–Trinajstić information content (AvgIpc) is 3.50. The van der Waals surface area contributed by atoms with Crippen LogP contribution < -0.4 is 9.97 Å². The second-order valence-corrected chi connectivity index (χ2v) is 12.6. The SMILES string of the molecule is C=C/C=C\c1oc(-c2ccc(-c3cc(N(C(C)C)P(OCC)c4ccc(Cl)cc4C)c(C=O)s3)cc2)cc1C. The molecule has 0 fully saturated rings. The molecule has 0 radical (unpaired) electrons. The molecule has 0 aliphatic carbocycles. The zero-order chi connectivity index (χ0) is 28.1. The lowest BCUT2D eigenvalue weighted by molar-refractivity contribution is 0.112. The van der Waals surface area contributed by atoms with Crippen LogP contribution in [0.4, 0.5) is 5.69 Å². The van der Waals surface area contributed by atoms with Crippen LogP contribution in [0.3, 0.4) is 0 Å². The number of allylic oxidation sites excluding steroid dienone is 2. The fraction of sp³-hybridized carbons (Fsp3) is 0.219. The van der Waals surface area contributed by atoms with Crippen molar-refractivity contribution >= 4 is 54.6 Å². The van der Waals surface area contributed by atoms with Crippen LogP contribution in [-0.4, -0.2) is 18.9 Å². The summed E-state index contributed by atoms with van der Waals surface area (Å²) in [6, 6.07) is 18.4. The maximum Gasteiger partial charge on any atom is 0.167 e. The molecule has 4 aromatic rings. The Labute approximate surface area is 241 Å². The van der Waals surface area contributed by atoms with Gasteiger partial charge in [-0.05, 0) is 87.7 Å². The molecule has 0 spiro atoms. The van der Waals surface area contributed by atoms with Gasteiger partial charge in [-0.2, -0.15) is 0 Å². The van der Waals surface area contributed by atoms with E-state index in [1.165, 1.54) is 11.3 Å². The van der Waals surface area contributed by atoms with E-state index in [0.29, 0.717) is 16.5 Å². The molecule has 2 aromatic carbocycles. The van der Waals surface area contributed by atoms with Gasteiger partial charge in [0, 0.05) is 26.8 Å². The molecule has 2 heterocycles. The van der Waals surface area contributed by atoms with Gasteiger partial charge in [-0.15, -0.1) is 11.3 Å². The van der Waals surface area contributed by atoms with E-state index in [4.69, 9.17) is 20.5 Å². The first-order valence-electron chi connectivity index (χ1n) is 12.8. The molecule has 0 saturated carbocycles. The second kappa shape index (κ2) is 12.9. The fourth-order valence-corrected chi connectivity index (χ4v) is 7.70. The van der Waals surface area contributed by atoms with Crippen molar-refractivity contribution in [3.63, 3.8) is 0 Å². The zero-order valence-corrected chi connectivity index (χ0v) is 25.4. The number of carbonyl (C=O) groups is 1. The Morgan fingerprint density at radius 2 is 1.79 bits per heavy atom. The molecule has 0 amide bonds. The van der Waals surface area contributed by atoms with E-state index in [2.05, 4.69) is 62.4 Å². The van der Waals surface area contributed by atoms with Crippen LogP contribution in [0.15, 0.2) is 77.7 Å². The Hall–Kier alpha value is -2.95. The number of benzene rings is 2. The molecule has 0 N–H and O–H groups in total. The lowest BCUT2D eigenvalue weighted by atomic mass is 10.1. The van der Waals surface area contributed by atoms with Gasteiger partial charge in [0.2, 0.25) is 0 Å². The van der Waals surface area contributed by atoms with Crippen LogP contribution in [0.1, 0.15) is 47.3 Å². The van der Waals surface area contributed by atoms with Crippen molar-refractivity contribution in [1.29, 1.82) is 0 Å². The van der Waals surface area contributed by atoms with E-state index in [1.807, 2.05) is 50.3 Å². The van der Waals surface area contributed by atoms with Gasteiger partial charge in [-0.25, -0.2) is 0 Å². The molecule has 0 aliphatic heterocycles. The third kappa shape index (κ3) is 6.45. The van der Waals surface area contributed by atoms with Gasteiger partial charge in [0.25, 0.3) is 0 Å². The number of furan rings is 1. The summed E-state index contributed by atoms with van der Waals surface area (Å²) in [5.41, 5.74) is 5.07. The van der Waals surface area contributed by atoms with Crippen molar-refractivity contribution < 1.29 is 13.7 Å². The van der Waals surface area contributed by atoms with Crippen molar-refractivity contribution in [3.8, 4) is 21.8 Å². The highest BCUT2D eigenvalue weighted by molar-refractivity contribution is 7.62. The fourth-order valence-electron chi connectivity index (χ4n) is 4.35. The minimum Gasteiger partial charge on any atom is -0.456 e. The summed E-state index contributed by atoms with van der Waals surface area (Å²) in [6.45, 7) is 14.6. The molecule has 4 nitrogen and oxygen atoms in total. The maximum absolute atomic E-state index is 12.3. The number of nitrogens with zero attached hydrogens (tertiary/aromatic N) is 1. The molecule has 0 bridgehead atoms. The number of hydrogen-bond acceptors (Lipinski definition) is 5. The van der Waals surface area contributed by atoms with Crippen LogP contribution in [-0.2, 0) is 4.52 Å². The predicted octanol–water partition coefficient (Wildman–Crippen LogP) is 9.85. The van der Waals surface area contributed by atoms with Crippen molar-refractivity contribution in [2.75, 3.05) is 11.3 Å². The average molecular weight is 578 g/mol. The van der Waals surface area contributed by atoms with Crippen LogP contribution in [0.25, 0.3) is 27.8 Å². The van der Waals surface area contributed by atoms with E-state index in [1.54, 1.807) is 6.08 Å². The first-order valence-corrected chi connectivity index (χ1v) is 15.3. The molecule has 7 heteroatoms. The highest BCUT2D eigenvalue weighted by Crippen LogP contribution is 2.50. The van der Waals surface area contributed by atoms with Gasteiger partial charge in [0.05, 0.1) is 17.2 Å². The van der Waals surface area contributed by atoms with Gasteiger partial charge >= 0.3 is 0 Å². The smallest absolute Gasteiger partial charge is 0.167 e. The van der Waals surface area contributed by atoms with Crippen LogP contribution in [0.2, 0.25) is 5.02 Å². The molecule has 0 aliphatic rings. The number of hydrogen-bond donors (Lipinski definition) is 0. The van der Waals surface area contributed by atoms with Gasteiger partial charge in [-0.1, -0.05) is 54.6 Å². The minimum absolute atomic E-state index is 0.104. The number of thiophene rings is 1. The van der Waals surface area contributed by atoms with Crippen molar-refractivity contribution in [2.24, 2.45) is 0 Å². The number of carbonyl (C=O) groups excluding carboxylic acids is 1. The summed E-state index contributed by atoms with van der Waals surface area (Å²) in [4.78, 5) is 14.0. The summed E-state index contributed by atoms with van der Waals surface area (Å²) in [5, 5.41) is 1.79. The van der Waals surface area contributed by atoms with E-state index in [-0.39, 0.29) is 6.04 Å². The Balaban J connectivity index is 1.70. The van der Waals surface area contributed by atoms with Crippen molar-refractivity contribution in [2.45, 2.75) is 40.7 Å². The third-order valence-corrected chi connectivity index (χ3v) is 10.0. The standard InChI is InChI=1S/C32H33ClNO3PS/c1-7-9-10-28-22(5)18-29(37-28)24-11-13-25(14-12-24)31-19-27(32(20-35)39-31)34(21(3)4)38(36-8-2)30-16-15-26(33)17-23(30)6/h7,9-21H,1,8H2,2-6H3/b10-9-. The summed E-state index contributed by atoms with van der Waals surface area (Å²) >= 11 is 7.75.